The van der Waals surface area contributed by atoms with Crippen molar-refractivity contribution in [2.45, 2.75) is 17.7 Å². The van der Waals surface area contributed by atoms with E-state index in [1.54, 1.807) is 24.3 Å². The Kier molecular flexibility index (Phi) is 6.33. The van der Waals surface area contributed by atoms with Crippen LogP contribution in [0.1, 0.15) is 12.8 Å². The second kappa shape index (κ2) is 8.37. The zero-order valence-electron chi connectivity index (χ0n) is 14.2. The number of sulfonamides is 1. The average molecular weight is 448 g/mol. The summed E-state index contributed by atoms with van der Waals surface area (Å²) in [6, 6.07) is 11.1. The fraction of sp³-hybridized carbons (Fsp3) is 0.278. The molecule has 144 valence electrons. The molecule has 27 heavy (non-hydrogen) atoms. The topological polar surface area (TPSA) is 66.5 Å². The molecule has 1 saturated heterocycles. The number of amides is 1. The summed E-state index contributed by atoms with van der Waals surface area (Å²) < 4.78 is 27.2. The molecule has 3 rings (SSSR count). The van der Waals surface area contributed by atoms with Crippen LogP contribution in [-0.4, -0.2) is 31.7 Å². The van der Waals surface area contributed by atoms with Crippen LogP contribution in [0.3, 0.4) is 0 Å². The molecule has 0 aromatic heterocycles. The highest BCUT2D eigenvalue weighted by Crippen LogP contribution is 2.30. The van der Waals surface area contributed by atoms with Crippen LogP contribution in [0.4, 0.5) is 5.69 Å². The van der Waals surface area contributed by atoms with E-state index in [2.05, 4.69) is 5.32 Å². The summed E-state index contributed by atoms with van der Waals surface area (Å²) >= 11 is 17.9. The Morgan fingerprint density at radius 1 is 1.07 bits per heavy atom. The van der Waals surface area contributed by atoms with Gasteiger partial charge in [-0.3, -0.25) is 4.79 Å². The van der Waals surface area contributed by atoms with Crippen LogP contribution in [0.15, 0.2) is 47.4 Å². The number of nitrogens with one attached hydrogen (secondary N) is 1. The first-order valence-corrected chi connectivity index (χ1v) is 10.9. The van der Waals surface area contributed by atoms with Gasteiger partial charge < -0.3 is 5.32 Å². The van der Waals surface area contributed by atoms with Crippen molar-refractivity contribution < 1.29 is 13.2 Å². The molecule has 0 bridgehead atoms. The Morgan fingerprint density at radius 3 is 2.56 bits per heavy atom. The van der Waals surface area contributed by atoms with Crippen LogP contribution in [0, 0.1) is 5.92 Å². The van der Waals surface area contributed by atoms with E-state index in [0.29, 0.717) is 30.1 Å². The summed E-state index contributed by atoms with van der Waals surface area (Å²) in [6.07, 6.45) is 1.17. The fourth-order valence-electron chi connectivity index (χ4n) is 3.00. The quantitative estimate of drug-likeness (QED) is 0.739. The summed E-state index contributed by atoms with van der Waals surface area (Å²) in [6.45, 7) is 0.406. The SMILES string of the molecule is O=C(Nc1cccc(Cl)c1)[C@H]1CCCN(S(=O)(=O)c2cc(Cl)ccc2Cl)C1. The van der Waals surface area contributed by atoms with Crippen LogP contribution in [0.2, 0.25) is 15.1 Å². The molecule has 1 aliphatic rings. The zero-order valence-corrected chi connectivity index (χ0v) is 17.2. The molecule has 1 amide bonds. The van der Waals surface area contributed by atoms with Gasteiger partial charge in [-0.2, -0.15) is 4.31 Å². The van der Waals surface area contributed by atoms with Crippen molar-refractivity contribution >= 4 is 56.4 Å². The molecule has 1 heterocycles. The molecule has 0 spiro atoms. The number of nitrogens with zero attached hydrogens (tertiary/aromatic N) is 1. The number of carbonyl (C=O) groups is 1. The molecule has 1 atom stereocenters. The van der Waals surface area contributed by atoms with Gasteiger partial charge in [0, 0.05) is 28.8 Å². The number of carbonyl (C=O) groups excluding carboxylic acids is 1. The van der Waals surface area contributed by atoms with Gasteiger partial charge in [-0.1, -0.05) is 40.9 Å². The Labute approximate surface area is 173 Å². The predicted octanol–water partition coefficient (Wildman–Crippen LogP) is 4.69. The van der Waals surface area contributed by atoms with Crippen molar-refractivity contribution in [3.8, 4) is 0 Å². The lowest BCUT2D eigenvalue weighted by atomic mass is 9.99. The summed E-state index contributed by atoms with van der Waals surface area (Å²) in [5, 5.41) is 3.69. The van der Waals surface area contributed by atoms with E-state index in [-0.39, 0.29) is 27.4 Å². The second-order valence-corrected chi connectivity index (χ2v) is 9.46. The third-order valence-electron chi connectivity index (χ3n) is 4.36. The van der Waals surface area contributed by atoms with Gasteiger partial charge >= 0.3 is 0 Å². The van der Waals surface area contributed by atoms with Gasteiger partial charge in [0.15, 0.2) is 0 Å². The number of rotatable bonds is 4. The van der Waals surface area contributed by atoms with Crippen molar-refractivity contribution in [3.05, 3.63) is 57.5 Å². The van der Waals surface area contributed by atoms with Crippen LogP contribution >= 0.6 is 34.8 Å². The van der Waals surface area contributed by atoms with Gasteiger partial charge in [-0.05, 0) is 49.2 Å². The van der Waals surface area contributed by atoms with Crippen molar-refractivity contribution in [1.82, 2.24) is 4.31 Å². The number of hydrogen-bond donors (Lipinski definition) is 1. The van der Waals surface area contributed by atoms with E-state index < -0.39 is 15.9 Å². The standard InChI is InChI=1S/C18H17Cl3N2O3S/c19-13-4-1-5-15(9-13)22-18(24)12-3-2-8-23(11-12)27(25,26)17-10-14(20)6-7-16(17)21/h1,4-7,9-10,12H,2-3,8,11H2,(H,22,24)/t12-/m0/s1. The van der Waals surface area contributed by atoms with Crippen LogP contribution in [0.5, 0.6) is 0 Å². The van der Waals surface area contributed by atoms with Gasteiger partial charge in [-0.15, -0.1) is 0 Å². The molecular weight excluding hydrogens is 431 g/mol. The first-order valence-electron chi connectivity index (χ1n) is 8.29. The van der Waals surface area contributed by atoms with Crippen LogP contribution in [-0.2, 0) is 14.8 Å². The largest absolute Gasteiger partial charge is 0.326 e. The molecule has 1 fully saturated rings. The predicted molar refractivity (Wildman–Crippen MR) is 108 cm³/mol. The minimum atomic E-state index is -3.85. The molecule has 2 aromatic carbocycles. The van der Waals surface area contributed by atoms with E-state index >= 15 is 0 Å². The van der Waals surface area contributed by atoms with Crippen molar-refractivity contribution in [2.24, 2.45) is 5.92 Å². The summed E-state index contributed by atoms with van der Waals surface area (Å²) in [5.41, 5.74) is 0.574. The van der Waals surface area contributed by atoms with E-state index in [9.17, 15) is 13.2 Å². The minimum Gasteiger partial charge on any atom is -0.326 e. The lowest BCUT2D eigenvalue weighted by Gasteiger charge is -2.31. The second-order valence-electron chi connectivity index (χ2n) is 6.28. The monoisotopic (exact) mass is 446 g/mol. The molecule has 0 aliphatic carbocycles. The Hall–Kier alpha value is -1.31. The van der Waals surface area contributed by atoms with Gasteiger partial charge in [0.25, 0.3) is 0 Å². The highest BCUT2D eigenvalue weighted by molar-refractivity contribution is 7.89. The number of benzene rings is 2. The third-order valence-corrected chi connectivity index (χ3v) is 7.18. The van der Waals surface area contributed by atoms with Crippen LogP contribution < -0.4 is 5.32 Å². The molecule has 0 unspecified atom stereocenters. The summed E-state index contributed by atoms with van der Waals surface area (Å²) in [4.78, 5) is 12.5. The normalized spacial score (nSPS) is 18.3. The Morgan fingerprint density at radius 2 is 1.81 bits per heavy atom. The molecule has 2 aromatic rings. The molecule has 1 aliphatic heterocycles. The lowest BCUT2D eigenvalue weighted by molar-refractivity contribution is -0.120. The fourth-order valence-corrected chi connectivity index (χ4v) is 5.45. The van der Waals surface area contributed by atoms with Crippen LogP contribution in [0.25, 0.3) is 0 Å². The molecule has 0 saturated carbocycles. The number of piperidine rings is 1. The Balaban J connectivity index is 1.77. The maximum Gasteiger partial charge on any atom is 0.244 e. The molecule has 0 radical (unpaired) electrons. The van der Waals surface area contributed by atoms with Gasteiger partial charge in [0.05, 0.1) is 10.9 Å². The van der Waals surface area contributed by atoms with E-state index in [4.69, 9.17) is 34.8 Å². The Bertz CT molecular complexity index is 966. The number of hydrogen-bond acceptors (Lipinski definition) is 3. The highest BCUT2D eigenvalue weighted by atomic mass is 35.5. The zero-order chi connectivity index (χ0) is 19.6. The maximum absolute atomic E-state index is 13.0. The first kappa shape index (κ1) is 20.4. The van der Waals surface area contributed by atoms with Gasteiger partial charge in [0.1, 0.15) is 4.90 Å². The highest BCUT2D eigenvalue weighted by Gasteiger charge is 2.34. The molecule has 5 nitrogen and oxygen atoms in total. The van der Waals surface area contributed by atoms with Gasteiger partial charge in [-0.25, -0.2) is 8.42 Å². The summed E-state index contributed by atoms with van der Waals surface area (Å²) in [7, 11) is -3.85. The first-order chi connectivity index (χ1) is 12.8. The maximum atomic E-state index is 13.0. The summed E-state index contributed by atoms with van der Waals surface area (Å²) in [5.74, 6) is -0.708. The number of halogens is 3. The number of anilines is 1. The molecular formula is C18H17Cl3N2O3S. The van der Waals surface area contributed by atoms with Crippen molar-refractivity contribution in [3.63, 3.8) is 0 Å². The molecule has 1 N–H and O–H groups in total. The van der Waals surface area contributed by atoms with E-state index in [0.717, 1.165) is 0 Å². The van der Waals surface area contributed by atoms with Crippen molar-refractivity contribution in [2.75, 3.05) is 18.4 Å². The smallest absolute Gasteiger partial charge is 0.244 e. The third kappa shape index (κ3) is 4.76. The minimum absolute atomic E-state index is 0.0485. The van der Waals surface area contributed by atoms with E-state index in [1.165, 1.54) is 22.5 Å². The van der Waals surface area contributed by atoms with Gasteiger partial charge in [0.2, 0.25) is 15.9 Å². The average Bonchev–Trinajstić information content (AvgIpc) is 2.63. The molecule has 9 heteroatoms. The lowest BCUT2D eigenvalue weighted by Crippen LogP contribution is -2.43. The van der Waals surface area contributed by atoms with Crippen molar-refractivity contribution in [1.29, 1.82) is 0 Å². The van der Waals surface area contributed by atoms with E-state index in [1.807, 2.05) is 0 Å².